The van der Waals surface area contributed by atoms with E-state index in [2.05, 4.69) is 5.32 Å². The van der Waals surface area contributed by atoms with E-state index in [1.54, 1.807) is 7.11 Å². The van der Waals surface area contributed by atoms with Gasteiger partial charge in [-0.25, -0.2) is 0 Å². The van der Waals surface area contributed by atoms with Crippen LogP contribution in [0.3, 0.4) is 0 Å². The Labute approximate surface area is 124 Å². The lowest BCUT2D eigenvalue weighted by molar-refractivity contribution is 0.0938. The summed E-state index contributed by atoms with van der Waals surface area (Å²) in [5.41, 5.74) is 1.02. The Morgan fingerprint density at radius 2 is 2.10 bits per heavy atom. The molecular formula is C14H22ClNO4. The van der Waals surface area contributed by atoms with Crippen LogP contribution in [0.4, 0.5) is 0 Å². The first kappa shape index (κ1) is 17.0. The minimum atomic E-state index is 0.0474. The summed E-state index contributed by atoms with van der Waals surface area (Å²) in [5.74, 6) is 1.21. The van der Waals surface area contributed by atoms with Gasteiger partial charge >= 0.3 is 0 Å². The van der Waals surface area contributed by atoms with Crippen LogP contribution < -0.4 is 14.8 Å². The highest BCUT2D eigenvalue weighted by Crippen LogP contribution is 2.36. The Bertz CT molecular complexity index is 401. The highest BCUT2D eigenvalue weighted by Gasteiger charge is 2.11. The lowest BCUT2D eigenvalue weighted by atomic mass is 10.2. The molecule has 0 amide bonds. The van der Waals surface area contributed by atoms with Crippen molar-refractivity contribution in [1.29, 1.82) is 0 Å². The van der Waals surface area contributed by atoms with Gasteiger partial charge in [0, 0.05) is 13.1 Å². The van der Waals surface area contributed by atoms with Gasteiger partial charge in [0.25, 0.3) is 0 Å². The molecule has 114 valence electrons. The third-order valence-electron chi connectivity index (χ3n) is 2.56. The molecule has 0 aliphatic carbocycles. The predicted molar refractivity (Wildman–Crippen MR) is 78.8 cm³/mol. The average molecular weight is 304 g/mol. The first-order chi connectivity index (χ1) is 9.72. The van der Waals surface area contributed by atoms with Crippen LogP contribution in [0.1, 0.15) is 12.5 Å². The summed E-state index contributed by atoms with van der Waals surface area (Å²) < 4.78 is 15.9. The van der Waals surface area contributed by atoms with Gasteiger partial charge in [-0.3, -0.25) is 0 Å². The molecule has 6 heteroatoms. The summed E-state index contributed by atoms with van der Waals surface area (Å²) in [7, 11) is 1.57. The fourth-order valence-corrected chi connectivity index (χ4v) is 2.04. The maximum absolute atomic E-state index is 8.58. The van der Waals surface area contributed by atoms with E-state index >= 15 is 0 Å². The van der Waals surface area contributed by atoms with Crippen LogP contribution >= 0.6 is 11.6 Å². The molecule has 1 rings (SSSR count). The quantitative estimate of drug-likeness (QED) is 0.646. The van der Waals surface area contributed by atoms with Crippen molar-refractivity contribution in [1.82, 2.24) is 5.32 Å². The second-order valence-electron chi connectivity index (χ2n) is 4.05. The molecule has 0 saturated heterocycles. The average Bonchev–Trinajstić information content (AvgIpc) is 2.43. The van der Waals surface area contributed by atoms with Crippen LogP contribution in [0.15, 0.2) is 12.1 Å². The number of halogens is 1. The molecule has 1 aromatic rings. The molecule has 1 aromatic carbocycles. The lowest BCUT2D eigenvalue weighted by Crippen LogP contribution is -2.20. The highest BCUT2D eigenvalue weighted by atomic mass is 35.5. The summed E-state index contributed by atoms with van der Waals surface area (Å²) >= 11 is 6.17. The van der Waals surface area contributed by atoms with E-state index in [1.807, 2.05) is 19.1 Å². The molecule has 0 unspecified atom stereocenters. The third-order valence-corrected chi connectivity index (χ3v) is 2.84. The summed E-state index contributed by atoms with van der Waals surface area (Å²) in [6.45, 7) is 4.80. The maximum atomic E-state index is 8.58. The zero-order valence-corrected chi connectivity index (χ0v) is 12.7. The molecule has 2 N–H and O–H groups in total. The van der Waals surface area contributed by atoms with E-state index < -0.39 is 0 Å². The topological polar surface area (TPSA) is 60.0 Å². The van der Waals surface area contributed by atoms with Gasteiger partial charge < -0.3 is 24.6 Å². The molecule has 5 nitrogen and oxygen atoms in total. The van der Waals surface area contributed by atoms with E-state index in [1.165, 1.54) is 0 Å². The van der Waals surface area contributed by atoms with Crippen molar-refractivity contribution in [2.45, 2.75) is 13.5 Å². The Hall–Kier alpha value is -1.01. The zero-order chi connectivity index (χ0) is 14.8. The van der Waals surface area contributed by atoms with Crippen molar-refractivity contribution in [2.75, 3.05) is 40.1 Å². The number of hydrogen-bond donors (Lipinski definition) is 2. The van der Waals surface area contributed by atoms with Crippen LogP contribution in [-0.2, 0) is 11.3 Å². The first-order valence-electron chi connectivity index (χ1n) is 6.61. The van der Waals surface area contributed by atoms with Gasteiger partial charge in [-0.15, -0.1) is 0 Å². The first-order valence-corrected chi connectivity index (χ1v) is 6.99. The van der Waals surface area contributed by atoms with Gasteiger partial charge in [0.1, 0.15) is 0 Å². The number of benzene rings is 1. The standard InChI is InChI=1S/C14H22ClNO4/c1-3-20-13-9-11(8-12(15)14(13)18-2)10-16-4-6-19-7-5-17/h8-9,16-17H,3-7,10H2,1-2H3. The van der Waals surface area contributed by atoms with Crippen LogP contribution in [0.5, 0.6) is 11.5 Å². The van der Waals surface area contributed by atoms with Gasteiger partial charge in [-0.05, 0) is 24.6 Å². The van der Waals surface area contributed by atoms with Gasteiger partial charge in [-0.2, -0.15) is 0 Å². The van der Waals surface area contributed by atoms with Crippen LogP contribution in [0.25, 0.3) is 0 Å². The number of nitrogens with one attached hydrogen (secondary N) is 1. The van der Waals surface area contributed by atoms with Crippen LogP contribution in [-0.4, -0.2) is 45.2 Å². The van der Waals surface area contributed by atoms with Crippen molar-refractivity contribution in [2.24, 2.45) is 0 Å². The predicted octanol–water partition coefficient (Wildman–Crippen LogP) is 1.85. The Morgan fingerprint density at radius 1 is 1.30 bits per heavy atom. The molecule has 0 fully saturated rings. The Balaban J connectivity index is 2.53. The molecular weight excluding hydrogens is 282 g/mol. The fraction of sp³-hybridized carbons (Fsp3) is 0.571. The smallest absolute Gasteiger partial charge is 0.179 e. The summed E-state index contributed by atoms with van der Waals surface area (Å²) in [4.78, 5) is 0. The number of hydrogen-bond acceptors (Lipinski definition) is 5. The van der Waals surface area contributed by atoms with Gasteiger partial charge in [-0.1, -0.05) is 11.6 Å². The lowest BCUT2D eigenvalue weighted by Gasteiger charge is -2.13. The Morgan fingerprint density at radius 3 is 2.75 bits per heavy atom. The fourth-order valence-electron chi connectivity index (χ4n) is 1.73. The van der Waals surface area contributed by atoms with Gasteiger partial charge in [0.15, 0.2) is 11.5 Å². The molecule has 0 heterocycles. The van der Waals surface area contributed by atoms with E-state index in [-0.39, 0.29) is 6.61 Å². The SMILES string of the molecule is CCOc1cc(CNCCOCCO)cc(Cl)c1OC. The van der Waals surface area contributed by atoms with Crippen molar-refractivity contribution in [3.05, 3.63) is 22.7 Å². The number of methoxy groups -OCH3 is 1. The number of aliphatic hydroxyl groups excluding tert-OH is 1. The minimum Gasteiger partial charge on any atom is -0.491 e. The van der Waals surface area contributed by atoms with Gasteiger partial charge in [0.2, 0.25) is 0 Å². The van der Waals surface area contributed by atoms with E-state index in [0.717, 1.165) is 5.56 Å². The van der Waals surface area contributed by atoms with Crippen LogP contribution in [0.2, 0.25) is 5.02 Å². The molecule has 0 aliphatic heterocycles. The second kappa shape index (κ2) is 9.83. The molecule has 0 radical (unpaired) electrons. The van der Waals surface area contributed by atoms with Crippen molar-refractivity contribution < 1.29 is 19.3 Å². The summed E-state index contributed by atoms with van der Waals surface area (Å²) in [5, 5.41) is 12.3. The summed E-state index contributed by atoms with van der Waals surface area (Å²) in [6.07, 6.45) is 0. The number of aliphatic hydroxyl groups is 1. The molecule has 0 aromatic heterocycles. The second-order valence-corrected chi connectivity index (χ2v) is 4.46. The Kier molecular flexibility index (Phi) is 8.37. The van der Waals surface area contributed by atoms with Crippen molar-refractivity contribution >= 4 is 11.6 Å². The van der Waals surface area contributed by atoms with E-state index in [0.29, 0.717) is 49.4 Å². The normalized spacial score (nSPS) is 10.6. The van der Waals surface area contributed by atoms with Crippen molar-refractivity contribution in [3.63, 3.8) is 0 Å². The summed E-state index contributed by atoms with van der Waals surface area (Å²) in [6, 6.07) is 3.76. The minimum absolute atomic E-state index is 0.0474. The molecule has 0 atom stereocenters. The molecule has 20 heavy (non-hydrogen) atoms. The molecule has 0 spiro atoms. The molecule has 0 saturated carbocycles. The van der Waals surface area contributed by atoms with E-state index in [4.69, 9.17) is 30.9 Å². The van der Waals surface area contributed by atoms with E-state index in [9.17, 15) is 0 Å². The molecule has 0 bridgehead atoms. The third kappa shape index (κ3) is 5.54. The van der Waals surface area contributed by atoms with Crippen LogP contribution in [0, 0.1) is 0 Å². The zero-order valence-electron chi connectivity index (χ0n) is 11.9. The largest absolute Gasteiger partial charge is 0.491 e. The van der Waals surface area contributed by atoms with Crippen molar-refractivity contribution in [3.8, 4) is 11.5 Å². The highest BCUT2D eigenvalue weighted by molar-refractivity contribution is 6.32. The monoisotopic (exact) mass is 303 g/mol. The maximum Gasteiger partial charge on any atom is 0.179 e. The number of ether oxygens (including phenoxy) is 3. The van der Waals surface area contributed by atoms with Gasteiger partial charge in [0.05, 0.1) is 38.6 Å². The number of rotatable bonds is 10. The molecule has 0 aliphatic rings.